The van der Waals surface area contributed by atoms with Crippen LogP contribution in [0.25, 0.3) is 0 Å². The molecular weight excluding hydrogens is 466 g/mol. The number of nitrogens with one attached hydrogen (secondary N) is 2. The van der Waals surface area contributed by atoms with Crippen LogP contribution < -0.4 is 22.1 Å². The molecule has 10 heteroatoms. The van der Waals surface area contributed by atoms with Crippen molar-refractivity contribution in [2.24, 2.45) is 40.1 Å². The van der Waals surface area contributed by atoms with E-state index in [4.69, 9.17) is 16.2 Å². The second kappa shape index (κ2) is 14.1. The van der Waals surface area contributed by atoms with Gasteiger partial charge in [0.05, 0.1) is 37.4 Å². The number of carbonyl (C=O) groups is 1. The monoisotopic (exact) mass is 514 g/mol. The number of ether oxygens (including phenoxy) is 1. The van der Waals surface area contributed by atoms with Crippen molar-refractivity contribution in [1.82, 2.24) is 15.5 Å². The number of nitrogens with two attached hydrogens (primary N) is 2. The first-order chi connectivity index (χ1) is 17.2. The van der Waals surface area contributed by atoms with Crippen LogP contribution in [0.5, 0.6) is 0 Å². The largest absolute Gasteiger partial charge is 0.378 e. The van der Waals surface area contributed by atoms with Gasteiger partial charge in [0.2, 0.25) is 5.91 Å². The van der Waals surface area contributed by atoms with Crippen LogP contribution in [-0.4, -0.2) is 93.0 Å². The lowest BCUT2D eigenvalue weighted by atomic mass is 9.75. The molecule has 208 valence electrons. The molecule has 7 unspecified atom stereocenters. The van der Waals surface area contributed by atoms with Gasteiger partial charge in [-0.25, -0.2) is 8.78 Å². The molecule has 0 aromatic heterocycles. The Bertz CT molecular complexity index is 702. The van der Waals surface area contributed by atoms with E-state index in [2.05, 4.69) is 34.4 Å². The van der Waals surface area contributed by atoms with E-state index in [1.165, 1.54) is 6.21 Å². The molecule has 0 saturated carbocycles. The van der Waals surface area contributed by atoms with Crippen LogP contribution in [0.1, 0.15) is 52.9 Å². The molecule has 3 heterocycles. The summed E-state index contributed by atoms with van der Waals surface area (Å²) in [6, 6.07) is -0.453. The molecular formula is C26H48F2N6O2. The van der Waals surface area contributed by atoms with Gasteiger partial charge in [0, 0.05) is 31.3 Å². The summed E-state index contributed by atoms with van der Waals surface area (Å²) in [5.74, 6) is -0.785. The molecule has 7 atom stereocenters. The quantitative estimate of drug-likeness (QED) is 0.232. The topological polar surface area (TPSA) is 118 Å². The highest BCUT2D eigenvalue weighted by Crippen LogP contribution is 2.34. The zero-order chi connectivity index (χ0) is 26.2. The number of carbonyl (C=O) groups excluding carboxylic acids is 1. The molecule has 8 nitrogen and oxygen atoms in total. The van der Waals surface area contributed by atoms with Crippen molar-refractivity contribution < 1.29 is 18.3 Å². The molecule has 0 radical (unpaired) electrons. The first-order valence-corrected chi connectivity index (χ1v) is 13.9. The first-order valence-electron chi connectivity index (χ1n) is 13.9. The summed E-state index contributed by atoms with van der Waals surface area (Å²) in [6.07, 6.45) is 2.12. The van der Waals surface area contributed by atoms with Crippen LogP contribution >= 0.6 is 0 Å². The van der Waals surface area contributed by atoms with Crippen LogP contribution in [0.3, 0.4) is 0 Å². The Morgan fingerprint density at radius 2 is 1.92 bits per heavy atom. The molecule has 0 aromatic rings. The van der Waals surface area contributed by atoms with Crippen LogP contribution in [0.15, 0.2) is 4.99 Å². The molecule has 1 amide bonds. The van der Waals surface area contributed by atoms with E-state index in [0.717, 1.165) is 52.0 Å². The van der Waals surface area contributed by atoms with E-state index in [9.17, 15) is 9.18 Å². The number of alkyl halides is 2. The van der Waals surface area contributed by atoms with Crippen molar-refractivity contribution in [3.63, 3.8) is 0 Å². The van der Waals surface area contributed by atoms with E-state index < -0.39 is 30.5 Å². The van der Waals surface area contributed by atoms with Gasteiger partial charge >= 0.3 is 0 Å². The fraction of sp³-hybridized carbons (Fsp3) is 0.923. The van der Waals surface area contributed by atoms with Crippen molar-refractivity contribution in [3.8, 4) is 0 Å². The molecule has 3 saturated heterocycles. The Morgan fingerprint density at radius 1 is 1.22 bits per heavy atom. The maximum Gasteiger partial charge on any atom is 0.228 e. The Kier molecular flexibility index (Phi) is 11.5. The van der Waals surface area contributed by atoms with Crippen LogP contribution in [-0.2, 0) is 9.53 Å². The smallest absolute Gasteiger partial charge is 0.228 e. The summed E-state index contributed by atoms with van der Waals surface area (Å²) in [7, 11) is 0. The summed E-state index contributed by atoms with van der Waals surface area (Å²) in [5.41, 5.74) is 12.0. The average Bonchev–Trinajstić information content (AvgIpc) is 2.80. The number of hydrogen-bond donors (Lipinski definition) is 4. The number of likely N-dealkylation sites (tertiary alicyclic amines) is 1. The number of rotatable bonds is 12. The molecule has 3 fully saturated rings. The van der Waals surface area contributed by atoms with Gasteiger partial charge < -0.3 is 26.8 Å². The number of aliphatic imine (C=N–C) groups is 1. The maximum absolute atomic E-state index is 15.2. The van der Waals surface area contributed by atoms with Gasteiger partial charge in [-0.15, -0.1) is 0 Å². The van der Waals surface area contributed by atoms with Gasteiger partial charge in [-0.05, 0) is 57.5 Å². The Morgan fingerprint density at radius 3 is 2.50 bits per heavy atom. The minimum absolute atomic E-state index is 0.197. The summed E-state index contributed by atoms with van der Waals surface area (Å²) in [6.45, 7) is 10.1. The second-order valence-electron chi connectivity index (χ2n) is 11.2. The molecule has 0 aliphatic carbocycles. The minimum atomic E-state index is -1.17. The fourth-order valence-corrected chi connectivity index (χ4v) is 5.81. The van der Waals surface area contributed by atoms with Crippen LogP contribution in [0.4, 0.5) is 8.78 Å². The molecule has 36 heavy (non-hydrogen) atoms. The minimum Gasteiger partial charge on any atom is -0.378 e. The SMILES string of the molecule is CCC(C)CCC(F)C=NC(C)C(C(=O)NC1CNCC(F)C1C1CCN(C2COC2)CC1)C(N)N. The number of piperidine rings is 2. The molecule has 0 spiro atoms. The third-order valence-corrected chi connectivity index (χ3v) is 8.52. The zero-order valence-corrected chi connectivity index (χ0v) is 22.3. The summed E-state index contributed by atoms with van der Waals surface area (Å²) < 4.78 is 34.8. The van der Waals surface area contributed by atoms with E-state index in [1.807, 2.05) is 0 Å². The Labute approximate surface area is 215 Å². The van der Waals surface area contributed by atoms with Gasteiger partial charge in [0.15, 0.2) is 0 Å². The van der Waals surface area contributed by atoms with Crippen molar-refractivity contribution in [2.45, 2.75) is 89.5 Å². The predicted octanol–water partition coefficient (Wildman–Crippen LogP) is 1.62. The summed E-state index contributed by atoms with van der Waals surface area (Å²) >= 11 is 0. The molecule has 0 aromatic carbocycles. The maximum atomic E-state index is 15.2. The Balaban J connectivity index is 1.58. The van der Waals surface area contributed by atoms with Gasteiger partial charge in [-0.3, -0.25) is 14.7 Å². The highest BCUT2D eigenvalue weighted by molar-refractivity contribution is 5.81. The summed E-state index contributed by atoms with van der Waals surface area (Å²) in [4.78, 5) is 20.0. The highest BCUT2D eigenvalue weighted by atomic mass is 19.1. The van der Waals surface area contributed by atoms with E-state index in [1.54, 1.807) is 6.92 Å². The van der Waals surface area contributed by atoms with Crippen LogP contribution in [0, 0.1) is 23.7 Å². The number of halogens is 2. The third kappa shape index (κ3) is 7.90. The summed E-state index contributed by atoms with van der Waals surface area (Å²) in [5, 5.41) is 6.16. The van der Waals surface area contributed by atoms with Gasteiger partial charge in [0.1, 0.15) is 12.3 Å². The first kappa shape index (κ1) is 29.4. The normalized spacial score (nSPS) is 30.2. The lowest BCUT2D eigenvalue weighted by Crippen LogP contribution is -2.62. The third-order valence-electron chi connectivity index (χ3n) is 8.52. The van der Waals surface area contributed by atoms with Gasteiger partial charge in [-0.2, -0.15) is 0 Å². The lowest BCUT2D eigenvalue weighted by molar-refractivity contribution is -0.128. The molecule has 3 aliphatic rings. The number of hydrogen-bond acceptors (Lipinski definition) is 7. The highest BCUT2D eigenvalue weighted by Gasteiger charge is 2.43. The van der Waals surface area contributed by atoms with Gasteiger partial charge in [0.25, 0.3) is 0 Å². The van der Waals surface area contributed by atoms with Crippen molar-refractivity contribution in [1.29, 1.82) is 0 Å². The molecule has 3 aliphatic heterocycles. The lowest BCUT2D eigenvalue weighted by Gasteiger charge is -2.46. The van der Waals surface area contributed by atoms with Crippen molar-refractivity contribution in [3.05, 3.63) is 0 Å². The van der Waals surface area contributed by atoms with E-state index in [-0.39, 0.29) is 23.8 Å². The van der Waals surface area contributed by atoms with E-state index >= 15 is 4.39 Å². The van der Waals surface area contributed by atoms with Crippen LogP contribution in [0.2, 0.25) is 0 Å². The average molecular weight is 515 g/mol. The number of nitrogens with zero attached hydrogens (tertiary/aromatic N) is 2. The molecule has 3 rings (SSSR count). The second-order valence-corrected chi connectivity index (χ2v) is 11.2. The zero-order valence-electron chi connectivity index (χ0n) is 22.3. The molecule has 0 bridgehead atoms. The van der Waals surface area contributed by atoms with E-state index in [0.29, 0.717) is 31.5 Å². The predicted molar refractivity (Wildman–Crippen MR) is 139 cm³/mol. The Hall–Kier alpha value is -1.20. The number of amides is 1. The van der Waals surface area contributed by atoms with Crippen molar-refractivity contribution in [2.75, 3.05) is 39.4 Å². The van der Waals surface area contributed by atoms with Gasteiger partial charge in [-0.1, -0.05) is 20.3 Å². The fourth-order valence-electron chi connectivity index (χ4n) is 5.81. The van der Waals surface area contributed by atoms with Crippen molar-refractivity contribution >= 4 is 12.1 Å². The standard InChI is InChI=1S/C26H48F2N6O2/c1-4-16(2)5-6-19(27)11-32-17(3)23(25(29)30)26(35)33-22-13-31-12-21(28)24(22)18-7-9-34(10-8-18)20-14-36-15-20/h11,16-25,31H,4-10,12-15,29-30H2,1-3H3,(H,33,35). The molecule has 6 N–H and O–H groups in total.